The number of hydrogen-bond donors (Lipinski definition) is 2. The molecule has 0 aromatic heterocycles. The van der Waals surface area contributed by atoms with Crippen LogP contribution >= 0.6 is 0 Å². The monoisotopic (exact) mass is 512 g/mol. The van der Waals surface area contributed by atoms with Gasteiger partial charge in [0.05, 0.1) is 0 Å². The maximum Gasteiger partial charge on any atom is 0.488 e. The lowest BCUT2D eigenvalue weighted by molar-refractivity contribution is 0.425. The van der Waals surface area contributed by atoms with Gasteiger partial charge >= 0.3 is 17.6 Å². The van der Waals surface area contributed by atoms with E-state index in [2.05, 4.69) is 52.7 Å². The summed E-state index contributed by atoms with van der Waals surface area (Å²) < 4.78 is 35.6. The van der Waals surface area contributed by atoms with Crippen LogP contribution in [0.25, 0.3) is 11.1 Å². The first-order chi connectivity index (χ1) is 17.3. The molecule has 192 valence electrons. The summed E-state index contributed by atoms with van der Waals surface area (Å²) >= 11 is 0. The Morgan fingerprint density at radius 3 is 1.17 bits per heavy atom. The van der Waals surface area contributed by atoms with Crippen LogP contribution in [-0.2, 0) is 10.5 Å². The molecule has 0 unspecified atom stereocenters. The summed E-state index contributed by atoms with van der Waals surface area (Å²) in [5.41, 5.74) is 3.08. The molecule has 0 bridgehead atoms. The molecule has 5 nitrogen and oxygen atoms in total. The number of para-hydroxylation sites is 1. The minimum absolute atomic E-state index is 0.0324. The molecule has 0 saturated heterocycles. The van der Waals surface area contributed by atoms with E-state index in [1.807, 2.05) is 45.9 Å². The average molecular weight is 512 g/mol. The van der Waals surface area contributed by atoms with Gasteiger partial charge in [-0.25, -0.2) is 0 Å². The van der Waals surface area contributed by atoms with E-state index in [9.17, 15) is 12.3 Å². The van der Waals surface area contributed by atoms with E-state index in [1.54, 1.807) is 42.5 Å². The Labute approximate surface area is 215 Å². The summed E-state index contributed by atoms with van der Waals surface area (Å²) in [4.78, 5) is 0. The third-order valence-electron chi connectivity index (χ3n) is 3.92. The molecule has 0 fully saturated rings. The second-order valence-electron chi connectivity index (χ2n) is 6.31. The third kappa shape index (κ3) is 15.4. The van der Waals surface area contributed by atoms with Gasteiger partial charge in [0.15, 0.2) is 0 Å². The fraction of sp³-hybridized carbons (Fsp3) is 0.143. The maximum atomic E-state index is 11.8. The van der Waals surface area contributed by atoms with Gasteiger partial charge in [0, 0.05) is 0 Å². The molecule has 0 aliphatic carbocycles. The van der Waals surface area contributed by atoms with E-state index in [-0.39, 0.29) is 5.75 Å². The Bertz CT molecular complexity index is 1090. The molecule has 0 atom stereocenters. The van der Waals surface area contributed by atoms with Gasteiger partial charge < -0.3 is 14.2 Å². The second kappa shape index (κ2) is 19.8. The lowest BCUT2D eigenvalue weighted by Gasteiger charge is -1.98. The molecule has 4 aromatic carbocycles. The smallest absolute Gasteiger partial charge is 0.423 e. The lowest BCUT2D eigenvalue weighted by atomic mass is 9.81. The Balaban J connectivity index is 0.000000481. The van der Waals surface area contributed by atoms with Crippen molar-refractivity contribution in [3.8, 4) is 16.9 Å². The van der Waals surface area contributed by atoms with E-state index in [0.29, 0.717) is 5.46 Å². The van der Waals surface area contributed by atoms with Crippen molar-refractivity contribution in [1.29, 1.82) is 0 Å². The fourth-order valence-electron chi connectivity index (χ4n) is 2.48. The van der Waals surface area contributed by atoms with Crippen molar-refractivity contribution in [3.63, 3.8) is 0 Å². The molecule has 0 aliphatic heterocycles. The molecule has 0 aliphatic rings. The molecule has 8 heteroatoms. The van der Waals surface area contributed by atoms with E-state index in [1.165, 1.54) is 23.3 Å². The predicted octanol–water partition coefficient (Wildman–Crippen LogP) is 6.05. The highest BCUT2D eigenvalue weighted by Crippen LogP contribution is 2.17. The van der Waals surface area contributed by atoms with Gasteiger partial charge in [-0.2, -0.15) is 8.42 Å². The van der Waals surface area contributed by atoms with Gasteiger partial charge in [-0.15, -0.1) is 0 Å². The van der Waals surface area contributed by atoms with Crippen molar-refractivity contribution in [3.05, 3.63) is 121 Å². The standard InChI is InChI=1S/C12H10.C6H7BO2.C6H5FO3S.2C2H6/c1-3-7-11(8-4-1)12-9-5-2-6-10-12;8-7(9)6-4-2-1-3-5-6;7-11(8,9)10-6-4-2-1-3-5-6;2*1-2/h1-10H;1-5,8-9H;1-5H;2*1-2H3. The molecule has 4 rings (SSSR count). The molecule has 0 radical (unpaired) electrons. The highest BCUT2D eigenvalue weighted by Gasteiger charge is 2.08. The average Bonchev–Trinajstić information content (AvgIpc) is 2.93. The summed E-state index contributed by atoms with van der Waals surface area (Å²) in [6.07, 6.45) is 0. The fourth-order valence-corrected chi connectivity index (χ4v) is 2.82. The lowest BCUT2D eigenvalue weighted by Crippen LogP contribution is -2.29. The van der Waals surface area contributed by atoms with E-state index >= 15 is 0 Å². The molecular formula is C28H34BFO5S. The summed E-state index contributed by atoms with van der Waals surface area (Å²) in [5, 5.41) is 17.2. The molecule has 0 amide bonds. The Morgan fingerprint density at radius 2 is 0.889 bits per heavy atom. The molecule has 0 heterocycles. The summed E-state index contributed by atoms with van der Waals surface area (Å²) in [7, 11) is -6.22. The number of halogens is 1. The van der Waals surface area contributed by atoms with E-state index in [0.717, 1.165) is 0 Å². The maximum absolute atomic E-state index is 11.8. The van der Waals surface area contributed by atoms with E-state index in [4.69, 9.17) is 10.0 Å². The first-order valence-corrected chi connectivity index (χ1v) is 12.9. The van der Waals surface area contributed by atoms with E-state index < -0.39 is 17.6 Å². The highest BCUT2D eigenvalue weighted by molar-refractivity contribution is 7.81. The number of rotatable bonds is 4. The molecule has 2 N–H and O–H groups in total. The molecular weight excluding hydrogens is 478 g/mol. The van der Waals surface area contributed by atoms with Gasteiger partial charge in [0.1, 0.15) is 5.75 Å². The predicted molar refractivity (Wildman–Crippen MR) is 148 cm³/mol. The van der Waals surface area contributed by atoms with Crippen LogP contribution in [0.4, 0.5) is 3.89 Å². The number of benzene rings is 4. The molecule has 0 spiro atoms. The van der Waals surface area contributed by atoms with Crippen molar-refractivity contribution >= 4 is 23.1 Å². The summed E-state index contributed by atoms with van der Waals surface area (Å²) in [5.74, 6) is -0.0324. The second-order valence-corrected chi connectivity index (χ2v) is 7.26. The van der Waals surface area contributed by atoms with Crippen LogP contribution in [-0.4, -0.2) is 25.6 Å². The Hall–Kier alpha value is -3.46. The van der Waals surface area contributed by atoms with Crippen molar-refractivity contribution < 1.29 is 26.5 Å². The van der Waals surface area contributed by atoms with Crippen LogP contribution in [0.15, 0.2) is 121 Å². The normalized spacial score (nSPS) is 9.19. The zero-order valence-electron chi connectivity index (χ0n) is 21.0. The van der Waals surface area contributed by atoms with Crippen LogP contribution in [0.2, 0.25) is 0 Å². The first kappa shape index (κ1) is 32.5. The summed E-state index contributed by atoms with van der Waals surface area (Å²) in [6, 6.07) is 36.9. The van der Waals surface area contributed by atoms with Crippen molar-refractivity contribution in [2.45, 2.75) is 27.7 Å². The van der Waals surface area contributed by atoms with Crippen LogP contribution in [0.1, 0.15) is 27.7 Å². The van der Waals surface area contributed by atoms with Gasteiger partial charge in [0.25, 0.3) is 0 Å². The molecule has 4 aromatic rings. The quantitative estimate of drug-likeness (QED) is 0.257. The van der Waals surface area contributed by atoms with Crippen LogP contribution < -0.4 is 9.65 Å². The van der Waals surface area contributed by atoms with Crippen LogP contribution in [0.3, 0.4) is 0 Å². The summed E-state index contributed by atoms with van der Waals surface area (Å²) in [6.45, 7) is 8.00. The van der Waals surface area contributed by atoms with Gasteiger partial charge in [-0.1, -0.05) is 141 Å². The minimum atomic E-state index is -4.88. The van der Waals surface area contributed by atoms with Crippen molar-refractivity contribution in [2.75, 3.05) is 0 Å². The Morgan fingerprint density at radius 1 is 0.583 bits per heavy atom. The van der Waals surface area contributed by atoms with Crippen LogP contribution in [0.5, 0.6) is 5.75 Å². The van der Waals surface area contributed by atoms with Gasteiger partial charge in [-0.05, 0) is 28.7 Å². The molecule has 0 saturated carbocycles. The van der Waals surface area contributed by atoms with Gasteiger partial charge in [-0.3, -0.25) is 0 Å². The topological polar surface area (TPSA) is 83.8 Å². The highest BCUT2D eigenvalue weighted by atomic mass is 32.3. The van der Waals surface area contributed by atoms with Gasteiger partial charge in [0.2, 0.25) is 0 Å². The zero-order chi connectivity index (χ0) is 27.2. The van der Waals surface area contributed by atoms with Crippen molar-refractivity contribution in [1.82, 2.24) is 0 Å². The number of hydrogen-bond acceptors (Lipinski definition) is 5. The largest absolute Gasteiger partial charge is 0.488 e. The van der Waals surface area contributed by atoms with Crippen LogP contribution in [0, 0.1) is 0 Å². The third-order valence-corrected chi connectivity index (χ3v) is 4.31. The molecule has 36 heavy (non-hydrogen) atoms. The Kier molecular flexibility index (Phi) is 17.9. The SMILES string of the molecule is CC.CC.O=S(=O)(F)Oc1ccccc1.OB(O)c1ccccc1.c1ccc(-c2ccccc2)cc1. The zero-order valence-corrected chi connectivity index (χ0v) is 21.8. The van der Waals surface area contributed by atoms with Crippen molar-refractivity contribution in [2.24, 2.45) is 0 Å². The minimum Gasteiger partial charge on any atom is -0.423 e. The first-order valence-electron chi connectivity index (χ1n) is 11.6.